The third-order valence-electron chi connectivity index (χ3n) is 2.03. The number of nitrogens with zero attached hydrogens (tertiary/aromatic N) is 1. The Kier molecular flexibility index (Phi) is 6.30. The van der Waals surface area contributed by atoms with E-state index in [0.29, 0.717) is 11.5 Å². The van der Waals surface area contributed by atoms with Crippen LogP contribution in [0, 0.1) is 15.3 Å². The van der Waals surface area contributed by atoms with Gasteiger partial charge in [-0.3, -0.25) is 11.5 Å². The van der Waals surface area contributed by atoms with Gasteiger partial charge in [-0.1, -0.05) is 0 Å². The monoisotopic (exact) mass is 276 g/mol. The highest BCUT2D eigenvalue weighted by atomic mass is 16.9. The summed E-state index contributed by atoms with van der Waals surface area (Å²) in [4.78, 5) is 10.9. The van der Waals surface area contributed by atoms with Crippen LogP contribution in [0.15, 0.2) is 23.6 Å². The van der Waals surface area contributed by atoms with Gasteiger partial charge in [0, 0.05) is 19.3 Å². The van der Waals surface area contributed by atoms with Crippen LogP contribution in [-0.4, -0.2) is 36.2 Å². The molecule has 0 saturated carbocycles. The quantitative estimate of drug-likeness (QED) is 0.141. The number of nitrogens with one attached hydrogen (secondary N) is 1. The smallest absolute Gasteiger partial charge is 0.343 e. The zero-order valence-corrected chi connectivity index (χ0v) is 10.5. The van der Waals surface area contributed by atoms with Crippen molar-refractivity contribution in [2.45, 2.75) is 12.2 Å². The number of hydrogen-bond acceptors (Lipinski definition) is 6. The van der Waals surface area contributed by atoms with Crippen molar-refractivity contribution < 1.29 is 24.7 Å². The molecule has 0 aliphatic heterocycles. The minimum absolute atomic E-state index is 0.0355. The Morgan fingerprint density at radius 1 is 1.53 bits per heavy atom. The van der Waals surface area contributed by atoms with Crippen molar-refractivity contribution in [2.24, 2.45) is 11.5 Å². The Balaban J connectivity index is 0.000000711. The molecule has 0 saturated heterocycles. The van der Waals surface area contributed by atoms with Crippen molar-refractivity contribution in [3.05, 3.63) is 38.9 Å². The van der Waals surface area contributed by atoms with Crippen LogP contribution in [0.1, 0.15) is 6.42 Å². The zero-order chi connectivity index (χ0) is 15.1. The van der Waals surface area contributed by atoms with E-state index in [-0.39, 0.29) is 12.4 Å². The molecule has 10 nitrogen and oxygen atoms in total. The fourth-order valence-corrected chi connectivity index (χ4v) is 1.31. The third kappa shape index (κ3) is 6.85. The molecule has 0 spiro atoms. The van der Waals surface area contributed by atoms with Gasteiger partial charge in [-0.15, -0.1) is 0 Å². The molecule has 0 amide bonds. The fourth-order valence-electron chi connectivity index (χ4n) is 1.31. The molecule has 0 heterocycles. The summed E-state index contributed by atoms with van der Waals surface area (Å²) in [7, 11) is 2.92. The number of hydrogen-bond donors (Lipinski definition) is 4. The van der Waals surface area contributed by atoms with Gasteiger partial charge in [0.2, 0.25) is 0 Å². The summed E-state index contributed by atoms with van der Waals surface area (Å²) in [6.45, 7) is 0. The maximum absolute atomic E-state index is 9.91. The topological polar surface area (TPSA) is 171 Å². The number of methoxy groups -OCH3 is 2. The molecule has 1 rings (SSSR count). The number of rotatable bonds is 3. The molecule has 0 aromatic rings. The van der Waals surface area contributed by atoms with E-state index in [1.807, 2.05) is 0 Å². The lowest BCUT2D eigenvalue weighted by molar-refractivity contribution is -0.402. The van der Waals surface area contributed by atoms with Crippen molar-refractivity contribution in [3.8, 4) is 0 Å². The van der Waals surface area contributed by atoms with Crippen molar-refractivity contribution in [3.63, 3.8) is 0 Å². The molecule has 19 heavy (non-hydrogen) atoms. The second-order valence-corrected chi connectivity index (χ2v) is 3.44. The Labute approximate surface area is 108 Å². The van der Waals surface area contributed by atoms with E-state index < -0.39 is 10.9 Å². The molecule has 0 fully saturated rings. The van der Waals surface area contributed by atoms with Crippen LogP contribution in [0.4, 0.5) is 0 Å². The van der Waals surface area contributed by atoms with Crippen molar-refractivity contribution >= 4 is 5.96 Å². The average Bonchev–Trinajstić information content (AvgIpc) is 2.26. The molecule has 1 unspecified atom stereocenters. The maximum Gasteiger partial charge on any atom is 0.343 e. The summed E-state index contributed by atoms with van der Waals surface area (Å²) >= 11 is 0. The van der Waals surface area contributed by atoms with Crippen LogP contribution in [0.2, 0.25) is 0 Å². The highest BCUT2D eigenvalue weighted by Crippen LogP contribution is 2.25. The fraction of sp³-hybridized carbons (Fsp3) is 0.444. The van der Waals surface area contributed by atoms with Crippen LogP contribution >= 0.6 is 0 Å². The summed E-state index contributed by atoms with van der Waals surface area (Å²) in [6.07, 6.45) is 3.41. The van der Waals surface area contributed by atoms with Gasteiger partial charge in [0.15, 0.2) is 5.79 Å². The Hall–Kier alpha value is -2.33. The molecule has 0 bridgehead atoms. The van der Waals surface area contributed by atoms with Crippen molar-refractivity contribution in [1.82, 2.24) is 0 Å². The minimum Gasteiger partial charge on any atom is -0.501 e. The number of allylic oxidation sites excluding steroid dienone is 1. The molecule has 1 aliphatic carbocycles. The first-order valence-electron chi connectivity index (χ1n) is 4.94. The van der Waals surface area contributed by atoms with E-state index in [0.717, 1.165) is 0 Å². The van der Waals surface area contributed by atoms with Crippen LogP contribution in [0.25, 0.3) is 0 Å². The molecule has 0 aromatic heterocycles. The Bertz CT molecular complexity index is 411. The van der Waals surface area contributed by atoms with E-state index in [4.69, 9.17) is 36.3 Å². The van der Waals surface area contributed by atoms with Crippen molar-refractivity contribution in [2.75, 3.05) is 14.2 Å². The van der Waals surface area contributed by atoms with E-state index in [9.17, 15) is 5.11 Å². The second kappa shape index (κ2) is 7.18. The maximum atomic E-state index is 9.91. The predicted octanol–water partition coefficient (Wildman–Crippen LogP) is -2.75. The lowest BCUT2D eigenvalue weighted by Crippen LogP contribution is -2.76. The third-order valence-corrected chi connectivity index (χ3v) is 2.03. The standard InChI is InChI=1S/C9H15N3O3.NO3/c1-14-7-3-6(12-8(10)11)4-9(13,5-7)15-2;2-1(3)4/h3-4,13H,5H2,1-2H3,(H4,10,11,12);/q;-1/p+1. The van der Waals surface area contributed by atoms with Gasteiger partial charge in [0.25, 0.3) is 0 Å². The number of nitrogens with two attached hydrogens (primary N) is 2. The SMILES string of the molecule is COC1=CC([NH+]=C(N)N)=CC(O)(OC)C1.O=[N+]([O-])[O-]. The normalized spacial score (nSPS) is 21.2. The first kappa shape index (κ1) is 16.7. The van der Waals surface area contributed by atoms with E-state index in [1.165, 1.54) is 20.3 Å². The number of guanidine groups is 1. The van der Waals surface area contributed by atoms with Crippen LogP contribution in [0.3, 0.4) is 0 Å². The lowest BCUT2D eigenvalue weighted by atomic mass is 10.0. The molecule has 0 radical (unpaired) electrons. The van der Waals surface area contributed by atoms with Gasteiger partial charge >= 0.3 is 5.96 Å². The largest absolute Gasteiger partial charge is 0.501 e. The van der Waals surface area contributed by atoms with Crippen molar-refractivity contribution in [1.29, 1.82) is 0 Å². The predicted molar refractivity (Wildman–Crippen MR) is 64.5 cm³/mol. The summed E-state index contributed by atoms with van der Waals surface area (Å²) in [5, 5.41) is 24.7. The molecule has 6 N–H and O–H groups in total. The first-order valence-corrected chi connectivity index (χ1v) is 4.94. The first-order chi connectivity index (χ1) is 8.72. The van der Waals surface area contributed by atoms with Gasteiger partial charge in [-0.2, -0.15) is 0 Å². The Morgan fingerprint density at radius 2 is 2.05 bits per heavy atom. The molecular formula is C9H16N4O6. The summed E-state index contributed by atoms with van der Waals surface area (Å²) in [5.41, 5.74) is 11.1. The zero-order valence-electron chi connectivity index (χ0n) is 10.5. The van der Waals surface area contributed by atoms with E-state index in [1.54, 1.807) is 6.08 Å². The number of aliphatic hydroxyl groups is 1. The van der Waals surface area contributed by atoms with Gasteiger partial charge in [0.1, 0.15) is 11.5 Å². The van der Waals surface area contributed by atoms with Gasteiger partial charge in [0.05, 0.1) is 18.6 Å². The van der Waals surface area contributed by atoms with Gasteiger partial charge in [-0.25, -0.2) is 4.99 Å². The highest BCUT2D eigenvalue weighted by molar-refractivity contribution is 5.69. The van der Waals surface area contributed by atoms with Crippen LogP contribution in [0.5, 0.6) is 0 Å². The molecule has 10 heteroatoms. The molecular weight excluding hydrogens is 260 g/mol. The van der Waals surface area contributed by atoms with E-state index in [2.05, 4.69) is 4.99 Å². The average molecular weight is 276 g/mol. The summed E-state index contributed by atoms with van der Waals surface area (Å²) < 4.78 is 10.00. The summed E-state index contributed by atoms with van der Waals surface area (Å²) in [6, 6.07) is 0. The Morgan fingerprint density at radius 3 is 2.42 bits per heavy atom. The van der Waals surface area contributed by atoms with Crippen LogP contribution in [-0.2, 0) is 9.47 Å². The van der Waals surface area contributed by atoms with Crippen LogP contribution < -0.4 is 16.5 Å². The molecule has 108 valence electrons. The number of ether oxygens (including phenoxy) is 2. The molecule has 0 aromatic carbocycles. The molecule has 1 atom stereocenters. The minimum atomic E-state index is -1.75. The molecule has 1 aliphatic rings. The van der Waals surface area contributed by atoms with Gasteiger partial charge in [-0.05, 0) is 0 Å². The second-order valence-electron chi connectivity index (χ2n) is 3.44. The lowest BCUT2D eigenvalue weighted by Gasteiger charge is -2.26. The van der Waals surface area contributed by atoms with Gasteiger partial charge < -0.3 is 29.9 Å². The van der Waals surface area contributed by atoms with E-state index >= 15 is 0 Å². The highest BCUT2D eigenvalue weighted by Gasteiger charge is 2.30. The summed E-state index contributed by atoms with van der Waals surface area (Å²) in [5.74, 6) is -0.781.